The number of nitrogens with one attached hydrogen (secondary N) is 2. The van der Waals surface area contributed by atoms with Crippen LogP contribution in [-0.4, -0.2) is 28.3 Å². The second-order valence-electron chi connectivity index (χ2n) is 3.62. The van der Waals surface area contributed by atoms with Crippen molar-refractivity contribution in [2.24, 2.45) is 5.73 Å². The number of carbonyl (C=O) groups excluding carboxylic acids is 2. The van der Waals surface area contributed by atoms with Crippen molar-refractivity contribution in [1.29, 1.82) is 0 Å². The minimum absolute atomic E-state index is 0.00518. The van der Waals surface area contributed by atoms with Gasteiger partial charge in [-0.2, -0.15) is 0 Å². The highest BCUT2D eigenvalue weighted by atomic mass is 32.1. The first kappa shape index (κ1) is 14.0. The quantitative estimate of drug-likeness (QED) is 0.512. The summed E-state index contributed by atoms with van der Waals surface area (Å²) in [6.45, 7) is 1.78. The van der Waals surface area contributed by atoms with Crippen molar-refractivity contribution >= 4 is 29.0 Å². The van der Waals surface area contributed by atoms with Crippen LogP contribution in [0, 0.1) is 0 Å². The Morgan fingerprint density at radius 1 is 1.39 bits per heavy atom. The highest BCUT2D eigenvalue weighted by Crippen LogP contribution is 2.09. The number of thiocarbonyl (C=S) groups is 1. The van der Waals surface area contributed by atoms with E-state index in [9.17, 15) is 9.59 Å². The van der Waals surface area contributed by atoms with Crippen molar-refractivity contribution in [1.82, 2.24) is 15.6 Å². The molecule has 4 N–H and O–H groups in total. The topological polar surface area (TPSA) is 97.1 Å². The molecule has 96 valence electrons. The average molecular weight is 266 g/mol. The predicted molar refractivity (Wildman–Crippen MR) is 70.6 cm³/mol. The van der Waals surface area contributed by atoms with E-state index >= 15 is 0 Å². The Bertz CT molecular complexity index is 450. The maximum absolute atomic E-state index is 11.5. The van der Waals surface area contributed by atoms with Crippen LogP contribution in [0.1, 0.15) is 18.5 Å². The minimum Gasteiger partial charge on any atom is -0.392 e. The van der Waals surface area contributed by atoms with Gasteiger partial charge >= 0.3 is 11.8 Å². The van der Waals surface area contributed by atoms with Crippen molar-refractivity contribution in [3.05, 3.63) is 30.1 Å². The summed E-state index contributed by atoms with van der Waals surface area (Å²) in [7, 11) is 0. The summed E-state index contributed by atoms with van der Waals surface area (Å²) in [6, 6.07) is 3.24. The monoisotopic (exact) mass is 266 g/mol. The molecule has 2 amide bonds. The Morgan fingerprint density at radius 3 is 2.56 bits per heavy atom. The van der Waals surface area contributed by atoms with E-state index in [1.165, 1.54) is 0 Å². The number of amides is 2. The number of rotatable bonds is 4. The van der Waals surface area contributed by atoms with E-state index < -0.39 is 11.8 Å². The molecule has 0 aromatic carbocycles. The number of nitrogens with zero attached hydrogens (tertiary/aromatic N) is 1. The first-order valence-corrected chi connectivity index (χ1v) is 5.68. The third-order valence-corrected chi connectivity index (χ3v) is 2.33. The van der Waals surface area contributed by atoms with Gasteiger partial charge in [0.25, 0.3) is 0 Å². The van der Waals surface area contributed by atoms with E-state index in [2.05, 4.69) is 27.8 Å². The van der Waals surface area contributed by atoms with Crippen LogP contribution >= 0.6 is 12.2 Å². The molecule has 0 radical (unpaired) electrons. The van der Waals surface area contributed by atoms with E-state index in [4.69, 9.17) is 5.73 Å². The summed E-state index contributed by atoms with van der Waals surface area (Å²) in [5, 5.41) is 4.87. The van der Waals surface area contributed by atoms with Gasteiger partial charge in [-0.3, -0.25) is 14.6 Å². The lowest BCUT2D eigenvalue weighted by Crippen LogP contribution is -2.43. The lowest BCUT2D eigenvalue weighted by atomic mass is 10.1. The Balaban J connectivity index is 2.49. The molecule has 1 aromatic heterocycles. The van der Waals surface area contributed by atoms with Crippen LogP contribution < -0.4 is 16.4 Å². The van der Waals surface area contributed by atoms with Crippen molar-refractivity contribution in [2.45, 2.75) is 13.0 Å². The molecule has 7 heteroatoms. The van der Waals surface area contributed by atoms with E-state index in [1.54, 1.807) is 31.5 Å². The van der Waals surface area contributed by atoms with Gasteiger partial charge in [0.1, 0.15) is 0 Å². The molecular formula is C11H14N4O2S. The number of hydrogen-bond donors (Lipinski definition) is 3. The zero-order valence-corrected chi connectivity index (χ0v) is 10.7. The van der Waals surface area contributed by atoms with Gasteiger partial charge in [-0.15, -0.1) is 0 Å². The van der Waals surface area contributed by atoms with Gasteiger partial charge in [0, 0.05) is 12.4 Å². The molecule has 1 unspecified atom stereocenters. The van der Waals surface area contributed by atoms with Crippen LogP contribution in [0.4, 0.5) is 0 Å². The number of aromatic nitrogens is 1. The Morgan fingerprint density at radius 2 is 2.00 bits per heavy atom. The van der Waals surface area contributed by atoms with Crippen molar-refractivity contribution in [3.63, 3.8) is 0 Å². The number of carbonyl (C=O) groups is 2. The van der Waals surface area contributed by atoms with Crippen molar-refractivity contribution in [2.75, 3.05) is 6.54 Å². The summed E-state index contributed by atoms with van der Waals surface area (Å²) in [5.41, 5.74) is 6.07. The summed E-state index contributed by atoms with van der Waals surface area (Å²) >= 11 is 4.59. The minimum atomic E-state index is -0.760. The fourth-order valence-electron chi connectivity index (χ4n) is 1.25. The Labute approximate surface area is 110 Å². The number of hydrogen-bond acceptors (Lipinski definition) is 4. The van der Waals surface area contributed by atoms with E-state index in [-0.39, 0.29) is 17.6 Å². The largest absolute Gasteiger partial charge is 0.392 e. The Kier molecular flexibility index (Phi) is 5.19. The number of nitrogens with two attached hydrogens (primary N) is 1. The molecule has 0 fully saturated rings. The van der Waals surface area contributed by atoms with Crippen LogP contribution in [0.15, 0.2) is 24.5 Å². The third kappa shape index (κ3) is 4.46. The molecule has 0 saturated carbocycles. The smallest absolute Gasteiger partial charge is 0.309 e. The molecule has 0 spiro atoms. The maximum atomic E-state index is 11.5. The van der Waals surface area contributed by atoms with E-state index in [0.717, 1.165) is 5.56 Å². The first-order valence-electron chi connectivity index (χ1n) is 5.27. The first-order chi connectivity index (χ1) is 8.50. The second-order valence-corrected chi connectivity index (χ2v) is 4.15. The molecule has 0 aliphatic heterocycles. The van der Waals surface area contributed by atoms with Crippen LogP contribution in [0.2, 0.25) is 0 Å². The summed E-state index contributed by atoms with van der Waals surface area (Å²) in [5.74, 6) is -1.49. The lowest BCUT2D eigenvalue weighted by molar-refractivity contribution is -0.139. The second kappa shape index (κ2) is 6.65. The summed E-state index contributed by atoms with van der Waals surface area (Å²) < 4.78 is 0. The third-order valence-electron chi connectivity index (χ3n) is 2.18. The highest BCUT2D eigenvalue weighted by Gasteiger charge is 2.16. The number of pyridine rings is 1. The van der Waals surface area contributed by atoms with Gasteiger partial charge in [-0.1, -0.05) is 12.2 Å². The molecule has 0 bridgehead atoms. The maximum Gasteiger partial charge on any atom is 0.309 e. The van der Waals surface area contributed by atoms with Gasteiger partial charge in [0.15, 0.2) is 0 Å². The zero-order valence-electron chi connectivity index (χ0n) is 9.84. The molecular weight excluding hydrogens is 252 g/mol. The van der Waals surface area contributed by atoms with Crippen LogP contribution in [0.25, 0.3) is 0 Å². The Hall–Kier alpha value is -2.02. The fourth-order valence-corrected chi connectivity index (χ4v) is 1.32. The van der Waals surface area contributed by atoms with Gasteiger partial charge < -0.3 is 16.4 Å². The van der Waals surface area contributed by atoms with Crippen LogP contribution in [-0.2, 0) is 9.59 Å². The zero-order chi connectivity index (χ0) is 13.5. The summed E-state index contributed by atoms with van der Waals surface area (Å²) in [4.78, 5) is 26.9. The van der Waals surface area contributed by atoms with Crippen molar-refractivity contribution in [3.8, 4) is 0 Å². The molecule has 1 atom stereocenters. The molecule has 1 rings (SSSR count). The highest BCUT2D eigenvalue weighted by molar-refractivity contribution is 7.80. The molecule has 0 aliphatic rings. The van der Waals surface area contributed by atoms with Crippen molar-refractivity contribution < 1.29 is 9.59 Å². The van der Waals surface area contributed by atoms with E-state index in [0.29, 0.717) is 0 Å². The fraction of sp³-hybridized carbons (Fsp3) is 0.273. The van der Waals surface area contributed by atoms with E-state index in [1.807, 2.05) is 0 Å². The van der Waals surface area contributed by atoms with Gasteiger partial charge in [-0.25, -0.2) is 0 Å². The van der Waals surface area contributed by atoms with Gasteiger partial charge in [0.2, 0.25) is 0 Å². The molecule has 1 heterocycles. The van der Waals surface area contributed by atoms with Gasteiger partial charge in [-0.05, 0) is 24.6 Å². The molecule has 1 aromatic rings. The standard InChI is InChI=1S/C11H14N4O2S/c1-7(8-2-4-13-5-3-8)15-11(17)10(16)14-6-9(12)18/h2-5,7H,6H2,1H3,(H2,12,18)(H,14,16)(H,15,17). The summed E-state index contributed by atoms with van der Waals surface area (Å²) in [6.07, 6.45) is 3.23. The lowest BCUT2D eigenvalue weighted by Gasteiger charge is -2.13. The predicted octanol–water partition coefficient (Wildman–Crippen LogP) is -0.339. The molecule has 0 aliphatic carbocycles. The average Bonchev–Trinajstić information content (AvgIpc) is 2.36. The van der Waals surface area contributed by atoms with Gasteiger partial charge in [0.05, 0.1) is 17.6 Å². The van der Waals surface area contributed by atoms with Crippen LogP contribution in [0.3, 0.4) is 0 Å². The molecule has 18 heavy (non-hydrogen) atoms. The normalized spacial score (nSPS) is 11.4. The molecule has 0 saturated heterocycles. The van der Waals surface area contributed by atoms with Crippen LogP contribution in [0.5, 0.6) is 0 Å². The molecule has 6 nitrogen and oxygen atoms in total. The SMILES string of the molecule is CC(NC(=O)C(=O)NCC(N)=S)c1ccncc1.